The van der Waals surface area contributed by atoms with E-state index in [1.165, 1.54) is 11.1 Å². The third-order valence-corrected chi connectivity index (χ3v) is 2.35. The first-order chi connectivity index (χ1) is 6.81. The molecule has 0 saturated carbocycles. The second-order valence-electron chi connectivity index (χ2n) is 3.24. The van der Waals surface area contributed by atoms with Gasteiger partial charge in [-0.2, -0.15) is 11.3 Å². The molecule has 5 heteroatoms. The van der Waals surface area contributed by atoms with E-state index in [0.29, 0.717) is 0 Å². The van der Waals surface area contributed by atoms with E-state index in [2.05, 4.69) is 47.6 Å². The topological polar surface area (TPSA) is 39.9 Å². The second kappa shape index (κ2) is 5.79. The van der Waals surface area contributed by atoms with E-state index in [9.17, 15) is 0 Å². The van der Waals surface area contributed by atoms with Crippen LogP contribution in [0, 0.1) is 13.1 Å². The Morgan fingerprint density at radius 2 is 2.12 bits per heavy atom. The van der Waals surface area contributed by atoms with Crippen molar-refractivity contribution in [3.05, 3.63) is 35.5 Å². The maximum atomic E-state index is 3.87. The summed E-state index contributed by atoms with van der Waals surface area (Å²) < 4.78 is 0. The SMILES string of the molecule is CCc1cc(-c2[c-]nn[n-]2)ccc1C.[Re].[Rf]. The van der Waals surface area contributed by atoms with Crippen molar-refractivity contribution in [1.82, 2.24) is 15.4 Å². The third kappa shape index (κ3) is 2.53. The minimum Gasteiger partial charge on any atom is -0.464 e. The first kappa shape index (κ1) is 14.0. The van der Waals surface area contributed by atoms with Gasteiger partial charge in [-0.25, -0.2) is 0 Å². The molecule has 0 saturated heterocycles. The van der Waals surface area contributed by atoms with Gasteiger partial charge < -0.3 is 10.2 Å². The minimum absolute atomic E-state index is 0. The average molecular weight is 638 g/mol. The van der Waals surface area contributed by atoms with Crippen LogP contribution in [0.3, 0.4) is 0 Å². The molecule has 1 radical (unpaired) electrons. The molecule has 0 bridgehead atoms. The fraction of sp³-hybridized carbons (Fsp3) is 0.273. The number of benzene rings is 1. The summed E-state index contributed by atoms with van der Waals surface area (Å²) in [7, 11) is 0. The van der Waals surface area contributed by atoms with E-state index >= 15 is 0 Å². The predicted octanol–water partition coefficient (Wildman–Crippen LogP) is 1.77. The molecular formula is C11H11N3ReRf-2. The first-order valence-electron chi connectivity index (χ1n) is 4.65. The van der Waals surface area contributed by atoms with Crippen molar-refractivity contribution in [2.24, 2.45) is 0 Å². The summed E-state index contributed by atoms with van der Waals surface area (Å²) in [4.78, 5) is 0. The molecule has 0 aliphatic heterocycles. The predicted molar refractivity (Wildman–Crippen MR) is 53.7 cm³/mol. The number of aryl methyl sites for hydroxylation is 2. The van der Waals surface area contributed by atoms with Crippen molar-refractivity contribution in [3.8, 4) is 11.3 Å². The summed E-state index contributed by atoms with van der Waals surface area (Å²) in [6.07, 6.45) is 3.78. The molecule has 0 fully saturated rings. The van der Waals surface area contributed by atoms with Crippen LogP contribution in [-0.4, -0.2) is 10.3 Å². The van der Waals surface area contributed by atoms with Crippen LogP contribution in [-0.2, 0) is 26.8 Å². The minimum atomic E-state index is 0. The summed E-state index contributed by atoms with van der Waals surface area (Å²) in [6.45, 7) is 4.26. The van der Waals surface area contributed by atoms with Gasteiger partial charge in [0.1, 0.15) is 0 Å². The Hall–Kier alpha value is -1.98. The largest absolute Gasteiger partial charge is 0.464 e. The van der Waals surface area contributed by atoms with Gasteiger partial charge in [0.15, 0.2) is 0 Å². The molecule has 0 N–H and O–H groups in total. The molecule has 0 aliphatic carbocycles. The van der Waals surface area contributed by atoms with Crippen LogP contribution in [0.4, 0.5) is 0 Å². The Morgan fingerprint density at radius 3 is 2.69 bits per heavy atom. The summed E-state index contributed by atoms with van der Waals surface area (Å²) in [5, 5.41) is 11.0. The molecule has 81 valence electrons. The molecule has 1 heterocycles. The summed E-state index contributed by atoms with van der Waals surface area (Å²) in [6, 6.07) is 6.24. The summed E-state index contributed by atoms with van der Waals surface area (Å²) in [5.41, 5.74) is 4.40. The molecule has 16 heavy (non-hydrogen) atoms. The van der Waals surface area contributed by atoms with Gasteiger partial charge in [0.25, 0.3) is 0 Å². The maximum absolute atomic E-state index is 3.87. The van der Waals surface area contributed by atoms with Crippen LogP contribution in [0.2, 0.25) is 0 Å². The zero-order valence-electron chi connectivity index (χ0n) is 9.37. The van der Waals surface area contributed by atoms with Crippen molar-refractivity contribution in [1.29, 1.82) is 0 Å². The molecule has 3 nitrogen and oxygen atoms in total. The fourth-order valence-corrected chi connectivity index (χ4v) is 1.48. The van der Waals surface area contributed by atoms with Crippen molar-refractivity contribution in [2.75, 3.05) is 0 Å². The number of hydrogen-bond donors (Lipinski definition) is 0. The zero-order valence-corrected chi connectivity index (χ0v) is 18.5. The van der Waals surface area contributed by atoms with Crippen LogP contribution in [0.5, 0.6) is 0 Å². The normalized spacial score (nSPS) is 9.12. The van der Waals surface area contributed by atoms with Gasteiger partial charge in [0.2, 0.25) is 0 Å². The second-order valence-corrected chi connectivity index (χ2v) is 3.24. The van der Waals surface area contributed by atoms with Crippen molar-refractivity contribution < 1.29 is 20.4 Å². The standard InChI is InChI=1S/C11H11N3.Re.Rf/c1-3-9-6-10(5-4-8(9)2)11-7-12-14-13-11;;/h4-6H,3H2,1-2H3;;/q-2;;. The van der Waals surface area contributed by atoms with Crippen LogP contribution in [0.1, 0.15) is 18.1 Å². The number of rotatable bonds is 2. The number of aromatic nitrogens is 3. The number of nitrogens with zero attached hydrogens (tertiary/aromatic N) is 3. The summed E-state index contributed by atoms with van der Waals surface area (Å²) in [5.74, 6) is 0. The van der Waals surface area contributed by atoms with Gasteiger partial charge in [-0.1, -0.05) is 24.1 Å². The van der Waals surface area contributed by atoms with Crippen LogP contribution in [0.25, 0.3) is 11.3 Å². The average Bonchev–Trinajstić information content (AvgIpc) is 2.71. The van der Waals surface area contributed by atoms with Gasteiger partial charge in [-0.3, -0.25) is 11.4 Å². The molecular weight excluding hydrogens is 627 g/mol. The molecule has 0 unspecified atom stereocenters. The Morgan fingerprint density at radius 1 is 1.38 bits per heavy atom. The van der Waals surface area contributed by atoms with Crippen molar-refractivity contribution in [2.45, 2.75) is 20.3 Å². The molecule has 2 rings (SSSR count). The Bertz CT molecular complexity index is 429. The smallest absolute Gasteiger partial charge is 0 e. The molecule has 2 aromatic rings. The van der Waals surface area contributed by atoms with Crippen LogP contribution < -0.4 is 5.10 Å². The number of hydrogen-bond acceptors (Lipinski definition) is 2. The quantitative estimate of drug-likeness (QED) is 0.472. The van der Waals surface area contributed by atoms with E-state index in [1.807, 2.05) is 6.07 Å². The monoisotopic (exact) mass is 639 g/mol. The molecule has 0 atom stereocenters. The molecule has 0 aliphatic rings. The Labute approximate surface area is 103 Å². The van der Waals surface area contributed by atoms with Crippen LogP contribution >= 0.6 is 0 Å². The maximum Gasteiger partial charge on any atom is 0 e. The van der Waals surface area contributed by atoms with E-state index in [-0.39, 0.29) is 20.4 Å². The molecule has 0 spiro atoms. The molecule has 1 aromatic carbocycles. The molecule has 1 aromatic heterocycles. The van der Waals surface area contributed by atoms with E-state index < -0.39 is 0 Å². The van der Waals surface area contributed by atoms with E-state index in [4.69, 9.17) is 0 Å². The van der Waals surface area contributed by atoms with Gasteiger partial charge >= 0.3 is 0 Å². The van der Waals surface area contributed by atoms with E-state index in [0.717, 1.165) is 17.7 Å². The summed E-state index contributed by atoms with van der Waals surface area (Å²) >= 11 is 0. The van der Waals surface area contributed by atoms with E-state index in [1.54, 1.807) is 0 Å². The van der Waals surface area contributed by atoms with Crippen molar-refractivity contribution in [3.63, 3.8) is 0 Å². The Balaban J connectivity index is 0.00000112. The first-order valence-corrected chi connectivity index (χ1v) is 4.65. The Kier molecular flexibility index (Phi) is 5.08. The third-order valence-electron chi connectivity index (χ3n) is 2.35. The van der Waals surface area contributed by atoms with Gasteiger partial charge in [-0.15, -0.1) is 12.1 Å². The zero-order chi connectivity index (χ0) is 9.97. The fourth-order valence-electron chi connectivity index (χ4n) is 1.48. The van der Waals surface area contributed by atoms with Gasteiger partial charge in [0, 0.05) is 20.4 Å². The van der Waals surface area contributed by atoms with Gasteiger partial charge in [-0.05, 0) is 13.3 Å². The van der Waals surface area contributed by atoms with Crippen molar-refractivity contribution >= 4 is 0 Å². The van der Waals surface area contributed by atoms with Crippen LogP contribution in [0.15, 0.2) is 18.2 Å². The van der Waals surface area contributed by atoms with Gasteiger partial charge in [0.05, 0.1) is 0 Å². The molecule has 0 amide bonds.